The summed E-state index contributed by atoms with van der Waals surface area (Å²) in [7, 11) is 3.86. The van der Waals surface area contributed by atoms with Gasteiger partial charge < -0.3 is 20.5 Å². The van der Waals surface area contributed by atoms with Gasteiger partial charge in [-0.05, 0) is 74.3 Å². The molecule has 8 nitrogen and oxygen atoms in total. The van der Waals surface area contributed by atoms with Gasteiger partial charge in [-0.2, -0.15) is 0 Å². The zero-order chi connectivity index (χ0) is 28.8. The van der Waals surface area contributed by atoms with E-state index in [-0.39, 0.29) is 11.8 Å². The highest BCUT2D eigenvalue weighted by Crippen LogP contribution is 2.28. The number of halogens is 1. The van der Waals surface area contributed by atoms with E-state index in [1.807, 2.05) is 73.7 Å². The van der Waals surface area contributed by atoms with Crippen LogP contribution in [0.4, 0.5) is 11.4 Å². The number of fused-ring (bicyclic) bond motifs is 1. The number of aromatic nitrogens is 3. The first kappa shape index (κ1) is 27.8. The smallest absolute Gasteiger partial charge is 0.255 e. The number of carbonyl (C=O) groups excluding carboxylic acids is 2. The van der Waals surface area contributed by atoms with Gasteiger partial charge in [0.15, 0.2) is 0 Å². The molecule has 3 aromatic carbocycles. The van der Waals surface area contributed by atoms with E-state index in [9.17, 15) is 9.59 Å². The summed E-state index contributed by atoms with van der Waals surface area (Å²) in [5, 5.41) is 7.29. The van der Waals surface area contributed by atoms with Gasteiger partial charge in [0, 0.05) is 64.8 Å². The number of rotatable bonds is 9. The summed E-state index contributed by atoms with van der Waals surface area (Å²) in [4.78, 5) is 39.2. The molecule has 0 atom stereocenters. The standard InChI is InChI=1S/C32H29ClN6O2/c1-39(2)16-4-7-30(40)36-25-11-8-22(9-12-25)32(41)37-26-6-3-5-21(17-26)18-29-35-20-27(33)31(38-29)24-10-13-28-23(19-24)14-15-34-28/h3-15,17,19-20,34H,16,18H2,1-2H3,(H,36,40)(H,37,41)/b7-4+. The molecule has 0 saturated heterocycles. The maximum atomic E-state index is 12.9. The van der Waals surface area contributed by atoms with E-state index < -0.39 is 0 Å². The first-order chi connectivity index (χ1) is 19.8. The van der Waals surface area contributed by atoms with E-state index in [2.05, 4.69) is 20.6 Å². The van der Waals surface area contributed by atoms with Crippen molar-refractivity contribution >= 4 is 45.7 Å². The molecule has 2 amide bonds. The van der Waals surface area contributed by atoms with Crippen LogP contribution in [0.5, 0.6) is 0 Å². The number of hydrogen-bond acceptors (Lipinski definition) is 5. The summed E-state index contributed by atoms with van der Waals surface area (Å²) in [5.74, 6) is 0.145. The summed E-state index contributed by atoms with van der Waals surface area (Å²) >= 11 is 6.46. The Bertz CT molecular complexity index is 1730. The number of likely N-dealkylation sites (N-methyl/N-ethyl adjacent to an activating group) is 1. The van der Waals surface area contributed by atoms with Crippen molar-refractivity contribution in [3.05, 3.63) is 119 Å². The Kier molecular flexibility index (Phi) is 8.53. The first-order valence-corrected chi connectivity index (χ1v) is 13.4. The third-order valence-electron chi connectivity index (χ3n) is 6.32. The fourth-order valence-corrected chi connectivity index (χ4v) is 4.50. The Hall–Kier alpha value is -4.79. The molecular weight excluding hydrogens is 536 g/mol. The molecule has 0 spiro atoms. The maximum absolute atomic E-state index is 12.9. The highest BCUT2D eigenvalue weighted by Gasteiger charge is 2.12. The molecule has 2 aromatic heterocycles. The zero-order valence-corrected chi connectivity index (χ0v) is 23.4. The van der Waals surface area contributed by atoms with Gasteiger partial charge in [-0.15, -0.1) is 0 Å². The molecule has 41 heavy (non-hydrogen) atoms. The fourth-order valence-electron chi connectivity index (χ4n) is 4.30. The molecule has 5 rings (SSSR count). The summed E-state index contributed by atoms with van der Waals surface area (Å²) in [5.41, 5.74) is 5.32. The molecule has 0 aliphatic rings. The van der Waals surface area contributed by atoms with Crippen molar-refractivity contribution in [2.24, 2.45) is 0 Å². The van der Waals surface area contributed by atoms with Crippen LogP contribution in [-0.2, 0) is 11.2 Å². The quantitative estimate of drug-likeness (QED) is 0.186. The van der Waals surface area contributed by atoms with Crippen molar-refractivity contribution in [3.8, 4) is 11.3 Å². The van der Waals surface area contributed by atoms with Gasteiger partial charge in [-0.1, -0.05) is 35.9 Å². The second-order valence-electron chi connectivity index (χ2n) is 9.82. The van der Waals surface area contributed by atoms with Crippen LogP contribution in [0, 0.1) is 0 Å². The predicted octanol–water partition coefficient (Wildman–Crippen LogP) is 6.18. The number of nitrogens with zero attached hydrogens (tertiary/aromatic N) is 3. The lowest BCUT2D eigenvalue weighted by molar-refractivity contribution is -0.111. The molecule has 0 bridgehead atoms. The Morgan fingerprint density at radius 3 is 2.61 bits per heavy atom. The van der Waals surface area contributed by atoms with E-state index in [1.54, 1.807) is 36.5 Å². The third-order valence-corrected chi connectivity index (χ3v) is 6.60. The van der Waals surface area contributed by atoms with Gasteiger partial charge in [-0.3, -0.25) is 9.59 Å². The molecule has 2 heterocycles. The van der Waals surface area contributed by atoms with Crippen LogP contribution in [0.1, 0.15) is 21.7 Å². The Morgan fingerprint density at radius 2 is 1.80 bits per heavy atom. The highest BCUT2D eigenvalue weighted by atomic mass is 35.5. The average molecular weight is 565 g/mol. The summed E-state index contributed by atoms with van der Waals surface area (Å²) in [6.45, 7) is 0.673. The van der Waals surface area contributed by atoms with Gasteiger partial charge in [0.25, 0.3) is 5.91 Å². The molecule has 0 aliphatic carbocycles. The van der Waals surface area contributed by atoms with Gasteiger partial charge in [0.2, 0.25) is 5.91 Å². The topological polar surface area (TPSA) is 103 Å². The lowest BCUT2D eigenvalue weighted by atomic mass is 10.1. The lowest BCUT2D eigenvalue weighted by Crippen LogP contribution is -2.14. The van der Waals surface area contributed by atoms with E-state index in [4.69, 9.17) is 16.6 Å². The van der Waals surface area contributed by atoms with Crippen molar-refractivity contribution in [1.82, 2.24) is 19.9 Å². The van der Waals surface area contributed by atoms with Crippen LogP contribution in [0.3, 0.4) is 0 Å². The maximum Gasteiger partial charge on any atom is 0.255 e. The van der Waals surface area contributed by atoms with Gasteiger partial charge in [0.1, 0.15) is 5.82 Å². The monoisotopic (exact) mass is 564 g/mol. The number of anilines is 2. The first-order valence-electron chi connectivity index (χ1n) is 13.1. The van der Waals surface area contributed by atoms with Crippen molar-refractivity contribution in [2.45, 2.75) is 6.42 Å². The number of H-pyrrole nitrogens is 1. The second kappa shape index (κ2) is 12.6. The number of nitrogens with one attached hydrogen (secondary N) is 3. The van der Waals surface area contributed by atoms with Crippen molar-refractivity contribution in [1.29, 1.82) is 0 Å². The minimum absolute atomic E-state index is 0.223. The normalized spacial score (nSPS) is 11.3. The summed E-state index contributed by atoms with van der Waals surface area (Å²) in [6, 6.07) is 22.4. The molecule has 9 heteroatoms. The number of aromatic amines is 1. The van der Waals surface area contributed by atoms with E-state index in [0.717, 1.165) is 22.0 Å². The SMILES string of the molecule is CN(C)C/C=C/C(=O)Nc1ccc(C(=O)Nc2cccc(Cc3ncc(Cl)c(-c4ccc5[nH]ccc5c4)n3)c2)cc1. The minimum Gasteiger partial charge on any atom is -0.361 e. The van der Waals surface area contributed by atoms with Crippen LogP contribution in [-0.4, -0.2) is 52.3 Å². The van der Waals surface area contributed by atoms with E-state index in [0.29, 0.717) is 46.4 Å². The number of benzene rings is 3. The highest BCUT2D eigenvalue weighted by molar-refractivity contribution is 6.32. The molecule has 0 aliphatic heterocycles. The van der Waals surface area contributed by atoms with Gasteiger partial charge in [-0.25, -0.2) is 9.97 Å². The number of hydrogen-bond donors (Lipinski definition) is 3. The Morgan fingerprint density at radius 1 is 0.976 bits per heavy atom. The third kappa shape index (κ3) is 7.25. The fraction of sp³-hybridized carbons (Fsp3) is 0.125. The Labute approximate surface area is 243 Å². The van der Waals surface area contributed by atoms with Gasteiger partial charge >= 0.3 is 0 Å². The molecule has 0 unspecified atom stereocenters. The van der Waals surface area contributed by atoms with Crippen LogP contribution < -0.4 is 10.6 Å². The van der Waals surface area contributed by atoms with Crippen molar-refractivity contribution in [3.63, 3.8) is 0 Å². The molecule has 0 radical (unpaired) electrons. The molecule has 0 saturated carbocycles. The van der Waals surface area contributed by atoms with E-state index >= 15 is 0 Å². The minimum atomic E-state index is -0.254. The van der Waals surface area contributed by atoms with Crippen molar-refractivity contribution in [2.75, 3.05) is 31.3 Å². The van der Waals surface area contributed by atoms with Crippen LogP contribution in [0.15, 0.2) is 97.3 Å². The average Bonchev–Trinajstić information content (AvgIpc) is 3.42. The lowest BCUT2D eigenvalue weighted by Gasteiger charge is -2.10. The molecule has 3 N–H and O–H groups in total. The molecule has 206 valence electrons. The van der Waals surface area contributed by atoms with Crippen molar-refractivity contribution < 1.29 is 9.59 Å². The number of amides is 2. The molecule has 0 fully saturated rings. The summed E-state index contributed by atoms with van der Waals surface area (Å²) in [6.07, 6.45) is 7.27. The second-order valence-corrected chi connectivity index (χ2v) is 10.2. The van der Waals surface area contributed by atoms with Gasteiger partial charge in [0.05, 0.1) is 10.7 Å². The number of carbonyl (C=O) groups is 2. The zero-order valence-electron chi connectivity index (χ0n) is 22.7. The Balaban J connectivity index is 1.23. The van der Waals surface area contributed by atoms with Crippen LogP contribution in [0.25, 0.3) is 22.2 Å². The molecular formula is C32H29ClN6O2. The largest absolute Gasteiger partial charge is 0.361 e. The van der Waals surface area contributed by atoms with Crippen LogP contribution >= 0.6 is 11.6 Å². The summed E-state index contributed by atoms with van der Waals surface area (Å²) < 4.78 is 0. The molecule has 5 aromatic rings. The van der Waals surface area contributed by atoms with E-state index in [1.165, 1.54) is 6.08 Å². The van der Waals surface area contributed by atoms with Crippen LogP contribution in [0.2, 0.25) is 5.02 Å². The predicted molar refractivity (Wildman–Crippen MR) is 164 cm³/mol.